The highest BCUT2D eigenvalue weighted by Gasteiger charge is 1.71. The molecule has 0 bridgehead atoms. The van der Waals surface area contributed by atoms with Crippen molar-refractivity contribution in [1.29, 1.82) is 0 Å². The van der Waals surface area contributed by atoms with Gasteiger partial charge in [-0.2, -0.15) is 0 Å². The van der Waals surface area contributed by atoms with E-state index in [9.17, 15) is 0 Å². The topological polar surface area (TPSA) is 0 Å². The molecule has 0 N–H and O–H groups in total. The van der Waals surface area contributed by atoms with Crippen LogP contribution in [-0.4, -0.2) is 0 Å². The van der Waals surface area contributed by atoms with E-state index in [1.165, 1.54) is 5.54 Å². The van der Waals surface area contributed by atoms with Gasteiger partial charge in [0.05, 0.1) is 0 Å². The smallest absolute Gasteiger partial charge is 0.0282 e. The molecular formula is C4H4BrCl. The van der Waals surface area contributed by atoms with E-state index in [1.807, 2.05) is 0 Å². The fourth-order valence-electron chi connectivity index (χ4n) is 0.0445. The van der Waals surface area contributed by atoms with Gasteiger partial charge in [-0.15, -0.1) is 0 Å². The van der Waals surface area contributed by atoms with E-state index in [4.69, 9.17) is 11.6 Å². The van der Waals surface area contributed by atoms with Gasteiger partial charge in [-0.25, -0.2) is 0 Å². The summed E-state index contributed by atoms with van der Waals surface area (Å²) < 4.78 is 0.809. The summed E-state index contributed by atoms with van der Waals surface area (Å²) in [5, 5.41) is 0. The first-order chi connectivity index (χ1) is 2.81. The van der Waals surface area contributed by atoms with Crippen LogP contribution in [0.25, 0.3) is 0 Å². The fourth-order valence-corrected chi connectivity index (χ4v) is 0.134. The van der Waals surface area contributed by atoms with Crippen LogP contribution in [-0.2, 0) is 0 Å². The SMILES string of the molecule is C=C/C(Br)=C\Cl. The number of halogens is 2. The summed E-state index contributed by atoms with van der Waals surface area (Å²) in [7, 11) is 0. The molecule has 2 heteroatoms. The highest BCUT2D eigenvalue weighted by Crippen LogP contribution is 2.04. The Morgan fingerprint density at radius 1 is 1.83 bits per heavy atom. The molecule has 0 aliphatic heterocycles. The molecule has 0 aromatic rings. The van der Waals surface area contributed by atoms with Crippen LogP contribution in [0.3, 0.4) is 0 Å². The Bertz CT molecular complexity index is 75.6. The number of allylic oxidation sites excluding steroid dienone is 2. The van der Waals surface area contributed by atoms with Crippen LogP contribution in [0, 0.1) is 0 Å². The van der Waals surface area contributed by atoms with E-state index in [2.05, 4.69) is 22.5 Å². The van der Waals surface area contributed by atoms with Gasteiger partial charge in [0, 0.05) is 10.0 Å². The van der Waals surface area contributed by atoms with E-state index in [-0.39, 0.29) is 0 Å². The molecule has 0 radical (unpaired) electrons. The van der Waals surface area contributed by atoms with Crippen molar-refractivity contribution >= 4 is 27.5 Å². The first kappa shape index (κ1) is 6.25. The normalized spacial score (nSPS) is 11.3. The van der Waals surface area contributed by atoms with Crippen LogP contribution < -0.4 is 0 Å². The molecule has 0 unspecified atom stereocenters. The van der Waals surface area contributed by atoms with Gasteiger partial charge >= 0.3 is 0 Å². The lowest BCUT2D eigenvalue weighted by molar-refractivity contribution is 2.05. The van der Waals surface area contributed by atoms with Crippen molar-refractivity contribution in [2.75, 3.05) is 0 Å². The van der Waals surface area contributed by atoms with E-state index < -0.39 is 0 Å². The van der Waals surface area contributed by atoms with E-state index in [1.54, 1.807) is 6.08 Å². The van der Waals surface area contributed by atoms with Crippen LogP contribution in [0.4, 0.5) is 0 Å². The molecule has 0 fully saturated rings. The predicted molar refractivity (Wildman–Crippen MR) is 33.1 cm³/mol. The lowest BCUT2D eigenvalue weighted by Gasteiger charge is -1.73. The van der Waals surface area contributed by atoms with Crippen molar-refractivity contribution in [3.8, 4) is 0 Å². The van der Waals surface area contributed by atoms with Gasteiger partial charge in [0.15, 0.2) is 0 Å². The predicted octanol–water partition coefficient (Wildman–Crippen LogP) is 2.65. The number of hydrogen-bond acceptors (Lipinski definition) is 0. The maximum atomic E-state index is 5.17. The minimum Gasteiger partial charge on any atom is -0.0979 e. The van der Waals surface area contributed by atoms with Crippen molar-refractivity contribution in [1.82, 2.24) is 0 Å². The summed E-state index contributed by atoms with van der Waals surface area (Å²) in [6.07, 6.45) is 1.62. The molecule has 0 aromatic carbocycles. The molecule has 0 aliphatic rings. The molecule has 0 aliphatic carbocycles. The van der Waals surface area contributed by atoms with Crippen molar-refractivity contribution in [3.05, 3.63) is 22.7 Å². The van der Waals surface area contributed by atoms with Gasteiger partial charge < -0.3 is 0 Å². The van der Waals surface area contributed by atoms with Gasteiger partial charge in [0.2, 0.25) is 0 Å². The first-order valence-electron chi connectivity index (χ1n) is 1.39. The molecule has 0 saturated carbocycles. The lowest BCUT2D eigenvalue weighted by atomic mass is 10.6. The second-order valence-electron chi connectivity index (χ2n) is 0.698. The molecule has 0 amide bonds. The minimum atomic E-state index is 0.809. The maximum absolute atomic E-state index is 5.17. The highest BCUT2D eigenvalue weighted by molar-refractivity contribution is 9.11. The van der Waals surface area contributed by atoms with Crippen molar-refractivity contribution in [2.24, 2.45) is 0 Å². The number of rotatable bonds is 1. The Morgan fingerprint density at radius 3 is 2.33 bits per heavy atom. The molecule has 0 spiro atoms. The standard InChI is InChI=1S/C4H4BrCl/c1-2-4(5)3-6/h2-3H,1H2/b4-3+. The summed E-state index contributed by atoms with van der Waals surface area (Å²) in [6.45, 7) is 3.43. The minimum absolute atomic E-state index is 0.809. The maximum Gasteiger partial charge on any atom is 0.0282 e. The summed E-state index contributed by atoms with van der Waals surface area (Å²) in [6, 6.07) is 0. The average Bonchev–Trinajstić information content (AvgIpc) is 1.65. The van der Waals surface area contributed by atoms with Crippen molar-refractivity contribution in [2.45, 2.75) is 0 Å². The van der Waals surface area contributed by atoms with E-state index >= 15 is 0 Å². The molecular weight excluding hydrogens is 163 g/mol. The second kappa shape index (κ2) is 3.44. The Balaban J connectivity index is 3.50. The van der Waals surface area contributed by atoms with E-state index in [0.717, 1.165) is 4.48 Å². The van der Waals surface area contributed by atoms with Gasteiger partial charge in [-0.05, 0) is 15.9 Å². The molecule has 0 heterocycles. The van der Waals surface area contributed by atoms with Gasteiger partial charge in [-0.1, -0.05) is 24.3 Å². The Kier molecular flexibility index (Phi) is 3.58. The summed E-state index contributed by atoms with van der Waals surface area (Å²) >= 11 is 8.26. The summed E-state index contributed by atoms with van der Waals surface area (Å²) in [4.78, 5) is 0. The molecule has 0 rings (SSSR count). The van der Waals surface area contributed by atoms with Crippen LogP contribution in [0.1, 0.15) is 0 Å². The molecule has 6 heavy (non-hydrogen) atoms. The molecule has 0 aromatic heterocycles. The van der Waals surface area contributed by atoms with Crippen LogP contribution in [0.5, 0.6) is 0 Å². The third-order valence-electron chi connectivity index (χ3n) is 0.299. The monoisotopic (exact) mass is 166 g/mol. The van der Waals surface area contributed by atoms with Crippen LogP contribution in [0.15, 0.2) is 22.7 Å². The zero-order chi connectivity index (χ0) is 4.99. The van der Waals surface area contributed by atoms with Gasteiger partial charge in [0.1, 0.15) is 0 Å². The van der Waals surface area contributed by atoms with Crippen LogP contribution >= 0.6 is 27.5 Å². The fraction of sp³-hybridized carbons (Fsp3) is 0. The van der Waals surface area contributed by atoms with Crippen molar-refractivity contribution in [3.63, 3.8) is 0 Å². The summed E-state index contributed by atoms with van der Waals surface area (Å²) in [5.41, 5.74) is 1.41. The van der Waals surface area contributed by atoms with Gasteiger partial charge in [0.25, 0.3) is 0 Å². The Hall–Kier alpha value is 0.250. The third kappa shape index (κ3) is 2.49. The second-order valence-corrected chi connectivity index (χ2v) is 1.83. The molecule has 0 atom stereocenters. The molecule has 0 nitrogen and oxygen atoms in total. The first-order valence-corrected chi connectivity index (χ1v) is 2.62. The Morgan fingerprint density at radius 2 is 2.33 bits per heavy atom. The molecule has 34 valence electrons. The van der Waals surface area contributed by atoms with Gasteiger partial charge in [-0.3, -0.25) is 0 Å². The average molecular weight is 167 g/mol. The third-order valence-corrected chi connectivity index (χ3v) is 1.35. The zero-order valence-electron chi connectivity index (χ0n) is 3.12. The quantitative estimate of drug-likeness (QED) is 0.527. The zero-order valence-corrected chi connectivity index (χ0v) is 5.46. The van der Waals surface area contributed by atoms with E-state index in [0.29, 0.717) is 0 Å². The Labute approximate surface area is 50.6 Å². The number of hydrogen-bond donors (Lipinski definition) is 0. The highest BCUT2D eigenvalue weighted by atomic mass is 79.9. The van der Waals surface area contributed by atoms with Crippen molar-refractivity contribution < 1.29 is 0 Å². The van der Waals surface area contributed by atoms with Crippen LogP contribution in [0.2, 0.25) is 0 Å². The molecule has 0 saturated heterocycles. The summed E-state index contributed by atoms with van der Waals surface area (Å²) in [5.74, 6) is 0. The largest absolute Gasteiger partial charge is 0.0979 e. The lowest BCUT2D eigenvalue weighted by Crippen LogP contribution is -1.47.